The van der Waals surface area contributed by atoms with Crippen molar-refractivity contribution in [3.8, 4) is 0 Å². The van der Waals surface area contributed by atoms with Crippen molar-refractivity contribution in [2.24, 2.45) is 5.92 Å². The molecule has 4 nitrogen and oxygen atoms in total. The molecule has 0 radical (unpaired) electrons. The number of carboxylic acid groups (broad SMARTS) is 1. The maximum atomic E-state index is 11.3. The van der Waals surface area contributed by atoms with Gasteiger partial charge in [0.25, 0.3) is 0 Å². The van der Waals surface area contributed by atoms with Gasteiger partial charge in [0.05, 0.1) is 0 Å². The lowest BCUT2D eigenvalue weighted by Crippen LogP contribution is -2.48. The summed E-state index contributed by atoms with van der Waals surface area (Å²) in [6.07, 6.45) is 4.55. The van der Waals surface area contributed by atoms with Crippen LogP contribution in [0.3, 0.4) is 0 Å². The fraction of sp³-hybridized carbons (Fsp3) is 0.929. The van der Waals surface area contributed by atoms with Crippen molar-refractivity contribution in [3.05, 3.63) is 0 Å². The molecule has 0 aromatic heterocycles. The Bertz CT molecular complexity index is 319. The van der Waals surface area contributed by atoms with E-state index in [0.29, 0.717) is 18.0 Å². The first-order valence-electron chi connectivity index (χ1n) is 7.18. The topological polar surface area (TPSA) is 52.6 Å². The summed E-state index contributed by atoms with van der Waals surface area (Å²) in [6, 6.07) is 1.12. The molecule has 2 heterocycles. The van der Waals surface area contributed by atoms with Gasteiger partial charge in [0.15, 0.2) is 0 Å². The molecule has 0 saturated carbocycles. The Morgan fingerprint density at radius 2 is 2.17 bits per heavy atom. The Morgan fingerprint density at radius 3 is 2.72 bits per heavy atom. The summed E-state index contributed by atoms with van der Waals surface area (Å²) in [5.41, 5.74) is -0.717. The van der Waals surface area contributed by atoms with Crippen LogP contribution in [0.4, 0.5) is 0 Å². The lowest BCUT2D eigenvalue weighted by atomic mass is 9.84. The molecule has 0 aromatic rings. The highest BCUT2D eigenvalue weighted by molar-refractivity contribution is 5.78. The zero-order chi connectivity index (χ0) is 13.3. The van der Waals surface area contributed by atoms with Crippen molar-refractivity contribution in [1.29, 1.82) is 0 Å². The van der Waals surface area contributed by atoms with Crippen LogP contribution in [-0.2, 0) is 4.79 Å². The van der Waals surface area contributed by atoms with E-state index < -0.39 is 11.5 Å². The predicted molar refractivity (Wildman–Crippen MR) is 71.6 cm³/mol. The Kier molecular flexibility index (Phi) is 3.97. The molecule has 0 bridgehead atoms. The van der Waals surface area contributed by atoms with Crippen LogP contribution in [0, 0.1) is 5.92 Å². The monoisotopic (exact) mass is 254 g/mol. The Labute approximate surface area is 110 Å². The minimum Gasteiger partial charge on any atom is -0.480 e. The van der Waals surface area contributed by atoms with Crippen LogP contribution in [-0.4, -0.2) is 46.7 Å². The highest BCUT2D eigenvalue weighted by atomic mass is 16.4. The first-order valence-corrected chi connectivity index (χ1v) is 7.18. The third-order valence-electron chi connectivity index (χ3n) is 4.70. The Balaban J connectivity index is 2.05. The van der Waals surface area contributed by atoms with Gasteiger partial charge in [-0.25, -0.2) is 0 Å². The molecule has 18 heavy (non-hydrogen) atoms. The van der Waals surface area contributed by atoms with E-state index in [1.807, 2.05) is 6.92 Å². The summed E-state index contributed by atoms with van der Waals surface area (Å²) in [7, 11) is 0. The van der Waals surface area contributed by atoms with Crippen molar-refractivity contribution < 1.29 is 9.90 Å². The number of rotatable bonds is 3. The van der Waals surface area contributed by atoms with E-state index in [2.05, 4.69) is 24.1 Å². The molecule has 4 heteroatoms. The molecule has 2 rings (SSSR count). The molecule has 104 valence electrons. The lowest BCUT2D eigenvalue weighted by molar-refractivity contribution is -0.143. The number of nitrogens with zero attached hydrogens (tertiary/aromatic N) is 1. The van der Waals surface area contributed by atoms with Gasteiger partial charge in [-0.2, -0.15) is 0 Å². The molecule has 3 unspecified atom stereocenters. The van der Waals surface area contributed by atoms with Gasteiger partial charge in [0, 0.05) is 18.6 Å². The largest absolute Gasteiger partial charge is 0.480 e. The molecule has 2 aliphatic rings. The van der Waals surface area contributed by atoms with E-state index in [1.54, 1.807) is 0 Å². The van der Waals surface area contributed by atoms with Gasteiger partial charge in [-0.15, -0.1) is 0 Å². The van der Waals surface area contributed by atoms with E-state index in [1.165, 1.54) is 25.8 Å². The molecule has 0 aliphatic carbocycles. The minimum absolute atomic E-state index is 0.480. The molecule has 2 N–H and O–H groups in total. The summed E-state index contributed by atoms with van der Waals surface area (Å²) >= 11 is 0. The molecule has 2 fully saturated rings. The molecule has 2 saturated heterocycles. The first kappa shape index (κ1) is 13.8. The van der Waals surface area contributed by atoms with Gasteiger partial charge >= 0.3 is 5.97 Å². The smallest absolute Gasteiger partial charge is 0.323 e. The van der Waals surface area contributed by atoms with E-state index in [-0.39, 0.29) is 0 Å². The number of aliphatic carboxylic acids is 1. The van der Waals surface area contributed by atoms with Crippen LogP contribution in [0.5, 0.6) is 0 Å². The highest BCUT2D eigenvalue weighted by Gasteiger charge is 2.45. The van der Waals surface area contributed by atoms with Gasteiger partial charge in [0.1, 0.15) is 5.54 Å². The normalized spacial score (nSPS) is 38.2. The average molecular weight is 254 g/mol. The van der Waals surface area contributed by atoms with Crippen molar-refractivity contribution in [3.63, 3.8) is 0 Å². The lowest BCUT2D eigenvalue weighted by Gasteiger charge is -2.42. The Morgan fingerprint density at radius 1 is 1.44 bits per heavy atom. The second-order valence-corrected chi connectivity index (χ2v) is 6.38. The van der Waals surface area contributed by atoms with Crippen molar-refractivity contribution in [1.82, 2.24) is 10.2 Å². The van der Waals surface area contributed by atoms with Crippen LogP contribution in [0.15, 0.2) is 0 Å². The van der Waals surface area contributed by atoms with Crippen LogP contribution in [0.1, 0.15) is 46.5 Å². The van der Waals surface area contributed by atoms with E-state index >= 15 is 0 Å². The highest BCUT2D eigenvalue weighted by Crippen LogP contribution is 2.34. The third-order valence-corrected chi connectivity index (χ3v) is 4.70. The number of likely N-dealkylation sites (tertiary alicyclic amines) is 1. The molecule has 0 spiro atoms. The van der Waals surface area contributed by atoms with Gasteiger partial charge in [-0.1, -0.05) is 6.42 Å². The summed E-state index contributed by atoms with van der Waals surface area (Å²) in [6.45, 7) is 8.32. The Hall–Kier alpha value is -0.610. The number of carbonyl (C=O) groups is 1. The average Bonchev–Trinajstić information content (AvgIpc) is 2.73. The summed E-state index contributed by atoms with van der Waals surface area (Å²) in [5, 5.41) is 12.5. The number of hydrogen-bond acceptors (Lipinski definition) is 3. The first-order chi connectivity index (χ1) is 8.44. The standard InChI is InChI=1S/C14H26N2O2/c1-10(2)16-7-5-4-6-12(16)11-8-14(3,13(17)18)15-9-11/h10-12,15H,4-9H2,1-3H3,(H,17,18). The molecular formula is C14H26N2O2. The van der Waals surface area contributed by atoms with Crippen LogP contribution in [0.25, 0.3) is 0 Å². The van der Waals surface area contributed by atoms with Crippen molar-refractivity contribution in [2.45, 2.75) is 64.1 Å². The van der Waals surface area contributed by atoms with Crippen LogP contribution >= 0.6 is 0 Å². The summed E-state index contributed by atoms with van der Waals surface area (Å²) < 4.78 is 0. The quantitative estimate of drug-likeness (QED) is 0.805. The summed E-state index contributed by atoms with van der Waals surface area (Å²) in [4.78, 5) is 13.9. The van der Waals surface area contributed by atoms with Gasteiger partial charge in [0.2, 0.25) is 0 Å². The molecule has 3 atom stereocenters. The van der Waals surface area contributed by atoms with E-state index in [0.717, 1.165) is 13.0 Å². The van der Waals surface area contributed by atoms with Gasteiger partial charge in [-0.3, -0.25) is 9.69 Å². The van der Waals surface area contributed by atoms with E-state index in [4.69, 9.17) is 0 Å². The van der Waals surface area contributed by atoms with Crippen molar-refractivity contribution >= 4 is 5.97 Å². The number of nitrogens with one attached hydrogen (secondary N) is 1. The molecular weight excluding hydrogens is 228 g/mol. The zero-order valence-electron chi connectivity index (χ0n) is 11.8. The number of piperidine rings is 1. The minimum atomic E-state index is -0.717. The molecule has 0 amide bonds. The van der Waals surface area contributed by atoms with Crippen molar-refractivity contribution in [2.75, 3.05) is 13.1 Å². The second kappa shape index (κ2) is 5.17. The summed E-state index contributed by atoms with van der Waals surface area (Å²) in [5.74, 6) is -0.231. The maximum absolute atomic E-state index is 11.3. The third kappa shape index (κ3) is 2.54. The van der Waals surface area contributed by atoms with Crippen LogP contribution < -0.4 is 5.32 Å². The fourth-order valence-corrected chi connectivity index (χ4v) is 3.59. The van der Waals surface area contributed by atoms with E-state index in [9.17, 15) is 9.90 Å². The van der Waals surface area contributed by atoms with Gasteiger partial charge < -0.3 is 10.4 Å². The molecule has 2 aliphatic heterocycles. The van der Waals surface area contributed by atoms with Gasteiger partial charge in [-0.05, 0) is 52.5 Å². The SMILES string of the molecule is CC(C)N1CCCCC1C1CNC(C)(C(=O)O)C1. The predicted octanol–water partition coefficient (Wildman–Crippen LogP) is 1.70. The van der Waals surface area contributed by atoms with Crippen LogP contribution in [0.2, 0.25) is 0 Å². The fourth-order valence-electron chi connectivity index (χ4n) is 3.59. The zero-order valence-corrected chi connectivity index (χ0v) is 11.8. The number of carboxylic acids is 1. The second-order valence-electron chi connectivity index (χ2n) is 6.38. The molecule has 0 aromatic carbocycles. The maximum Gasteiger partial charge on any atom is 0.323 e. The number of hydrogen-bond donors (Lipinski definition) is 2.